The minimum atomic E-state index is -3.29. The van der Waals surface area contributed by atoms with Gasteiger partial charge in [-0.25, -0.2) is 18.1 Å². The molecule has 0 saturated heterocycles. The molecule has 1 aliphatic carbocycles. The number of nitrogens with zero attached hydrogens (tertiary/aromatic N) is 3. The Hall–Kier alpha value is -1.98. The van der Waals surface area contributed by atoms with Crippen molar-refractivity contribution in [2.24, 2.45) is 0 Å². The molecule has 1 aromatic heterocycles. The molecule has 34 heavy (non-hydrogen) atoms. The molecule has 2 aromatic rings. The summed E-state index contributed by atoms with van der Waals surface area (Å²) in [5.41, 5.74) is 3.63. The zero-order valence-corrected chi connectivity index (χ0v) is 21.3. The molecule has 0 radical (unpaired) electrons. The van der Waals surface area contributed by atoms with Crippen LogP contribution in [0, 0.1) is 0 Å². The smallest absolute Gasteiger partial charge is 0.229 e. The highest BCUT2D eigenvalue weighted by molar-refractivity contribution is 7.88. The number of fused-ring (bicyclic) bond motifs is 1. The van der Waals surface area contributed by atoms with Crippen LogP contribution in [0.3, 0.4) is 0 Å². The monoisotopic (exact) mass is 508 g/mol. The van der Waals surface area contributed by atoms with Crippen LogP contribution >= 0.6 is 11.6 Å². The van der Waals surface area contributed by atoms with Crippen LogP contribution in [0.15, 0.2) is 24.4 Å². The van der Waals surface area contributed by atoms with Crippen LogP contribution in [0.5, 0.6) is 0 Å². The Labute approximate surface area is 206 Å². The molecule has 11 heteroatoms. The Kier molecular flexibility index (Phi) is 8.26. The first-order valence-electron chi connectivity index (χ1n) is 11.7. The molecule has 1 aromatic carbocycles. The minimum Gasteiger partial charge on any atom is -0.383 e. The standard InChI is InChI=1S/C23H33ClN6O3S/c1-33-13-12-30-10-8-16-6-7-18(14-17(16)9-11-30)26-23-25-15-19(24)22(28-23)27-20-4-3-5-21(20)29-34(2,31)32/h6-7,14-15,20-21,29H,3-5,8-13H2,1-2H3,(H2,25,26,27,28)/t20-,21+/m1/s1. The number of aromatic nitrogens is 2. The number of benzene rings is 1. The molecule has 0 amide bonds. The molecule has 9 nitrogen and oxygen atoms in total. The fourth-order valence-corrected chi connectivity index (χ4v) is 5.65. The molecule has 1 saturated carbocycles. The molecule has 2 atom stereocenters. The molecule has 3 N–H and O–H groups in total. The van der Waals surface area contributed by atoms with Crippen LogP contribution in [0.2, 0.25) is 5.02 Å². The minimum absolute atomic E-state index is 0.0801. The summed E-state index contributed by atoms with van der Waals surface area (Å²) in [7, 11) is -1.55. The average Bonchev–Trinajstić information content (AvgIpc) is 3.10. The highest BCUT2D eigenvalue weighted by Gasteiger charge is 2.30. The zero-order chi connectivity index (χ0) is 24.1. The number of ether oxygens (including phenoxy) is 1. The number of anilines is 3. The normalized spacial score (nSPS) is 21.1. The lowest BCUT2D eigenvalue weighted by molar-refractivity contribution is 0.150. The lowest BCUT2D eigenvalue weighted by Gasteiger charge is -2.22. The maximum atomic E-state index is 11.7. The molecule has 2 heterocycles. The molecule has 2 aliphatic rings. The number of nitrogens with one attached hydrogen (secondary N) is 3. The summed E-state index contributed by atoms with van der Waals surface area (Å²) in [6.07, 6.45) is 7.29. The van der Waals surface area contributed by atoms with E-state index in [0.29, 0.717) is 16.8 Å². The third-order valence-electron chi connectivity index (χ3n) is 6.42. The van der Waals surface area contributed by atoms with Crippen molar-refractivity contribution in [3.8, 4) is 0 Å². The number of sulfonamides is 1. The quantitative estimate of drug-likeness (QED) is 0.474. The van der Waals surface area contributed by atoms with Gasteiger partial charge in [0.25, 0.3) is 0 Å². The summed E-state index contributed by atoms with van der Waals surface area (Å²) in [6.45, 7) is 3.75. The molecular formula is C23H33ClN6O3S. The largest absolute Gasteiger partial charge is 0.383 e. The zero-order valence-electron chi connectivity index (χ0n) is 19.7. The number of methoxy groups -OCH3 is 1. The van der Waals surface area contributed by atoms with Crippen LogP contribution in [0.4, 0.5) is 17.5 Å². The van der Waals surface area contributed by atoms with Crippen LogP contribution in [-0.2, 0) is 27.6 Å². The predicted octanol–water partition coefficient (Wildman–Crippen LogP) is 2.80. The van der Waals surface area contributed by atoms with Gasteiger partial charge in [0.05, 0.1) is 19.1 Å². The molecule has 1 fully saturated rings. The van der Waals surface area contributed by atoms with E-state index in [9.17, 15) is 8.42 Å². The van der Waals surface area contributed by atoms with E-state index < -0.39 is 10.0 Å². The third-order valence-corrected chi connectivity index (χ3v) is 7.42. The van der Waals surface area contributed by atoms with Gasteiger partial charge in [0.15, 0.2) is 5.82 Å². The highest BCUT2D eigenvalue weighted by atomic mass is 35.5. The van der Waals surface area contributed by atoms with Crippen molar-refractivity contribution in [2.45, 2.75) is 44.2 Å². The van der Waals surface area contributed by atoms with E-state index in [1.165, 1.54) is 17.4 Å². The van der Waals surface area contributed by atoms with E-state index >= 15 is 0 Å². The van der Waals surface area contributed by atoms with Crippen LogP contribution in [-0.4, -0.2) is 75.0 Å². The molecular weight excluding hydrogens is 476 g/mol. The van der Waals surface area contributed by atoms with E-state index in [-0.39, 0.29) is 12.1 Å². The van der Waals surface area contributed by atoms with Gasteiger partial charge in [0, 0.05) is 44.5 Å². The van der Waals surface area contributed by atoms with Gasteiger partial charge in [-0.3, -0.25) is 0 Å². The summed E-state index contributed by atoms with van der Waals surface area (Å²) < 4.78 is 31.3. The van der Waals surface area contributed by atoms with Gasteiger partial charge >= 0.3 is 0 Å². The van der Waals surface area contributed by atoms with Crippen molar-refractivity contribution in [2.75, 3.05) is 50.2 Å². The fraction of sp³-hybridized carbons (Fsp3) is 0.565. The SMILES string of the molecule is COCCN1CCc2ccc(Nc3ncc(Cl)c(N[C@@H]4CCC[C@@H]4NS(C)(=O)=O)n3)cc2CC1. The van der Waals surface area contributed by atoms with Crippen molar-refractivity contribution < 1.29 is 13.2 Å². The first-order valence-corrected chi connectivity index (χ1v) is 13.9. The second kappa shape index (κ2) is 11.2. The molecule has 0 bridgehead atoms. The van der Waals surface area contributed by atoms with E-state index in [2.05, 4.69) is 48.4 Å². The lowest BCUT2D eigenvalue weighted by atomic mass is 10.0. The van der Waals surface area contributed by atoms with Crippen LogP contribution in [0.1, 0.15) is 30.4 Å². The molecule has 1 aliphatic heterocycles. The predicted molar refractivity (Wildman–Crippen MR) is 136 cm³/mol. The van der Waals surface area contributed by atoms with E-state index in [1.54, 1.807) is 13.3 Å². The summed E-state index contributed by atoms with van der Waals surface area (Å²) >= 11 is 6.35. The van der Waals surface area contributed by atoms with Gasteiger partial charge in [0.2, 0.25) is 16.0 Å². The Morgan fingerprint density at radius 3 is 2.71 bits per heavy atom. The molecule has 0 unspecified atom stereocenters. The highest BCUT2D eigenvalue weighted by Crippen LogP contribution is 2.28. The van der Waals surface area contributed by atoms with Crippen molar-refractivity contribution in [1.82, 2.24) is 19.6 Å². The Morgan fingerprint density at radius 2 is 1.94 bits per heavy atom. The number of halogens is 1. The van der Waals surface area contributed by atoms with Gasteiger partial charge in [-0.05, 0) is 55.4 Å². The van der Waals surface area contributed by atoms with Crippen LogP contribution in [0.25, 0.3) is 0 Å². The van der Waals surface area contributed by atoms with Gasteiger partial charge in [-0.1, -0.05) is 17.7 Å². The van der Waals surface area contributed by atoms with Gasteiger partial charge < -0.3 is 20.3 Å². The summed E-state index contributed by atoms with van der Waals surface area (Å²) in [5, 5.41) is 7.01. The fourth-order valence-electron chi connectivity index (χ4n) is 4.68. The second-order valence-electron chi connectivity index (χ2n) is 9.01. The van der Waals surface area contributed by atoms with Gasteiger partial charge in [-0.15, -0.1) is 0 Å². The van der Waals surface area contributed by atoms with E-state index in [4.69, 9.17) is 16.3 Å². The maximum Gasteiger partial charge on any atom is 0.229 e. The first kappa shape index (κ1) is 25.1. The van der Waals surface area contributed by atoms with Crippen molar-refractivity contribution in [1.29, 1.82) is 0 Å². The number of rotatable bonds is 9. The van der Waals surface area contributed by atoms with E-state index in [1.807, 2.05) is 0 Å². The van der Waals surface area contributed by atoms with Crippen molar-refractivity contribution >= 4 is 39.1 Å². The molecule has 0 spiro atoms. The Balaban J connectivity index is 1.43. The number of hydrogen-bond donors (Lipinski definition) is 3. The topological polar surface area (TPSA) is 108 Å². The first-order chi connectivity index (χ1) is 16.3. The van der Waals surface area contributed by atoms with E-state index in [0.717, 1.165) is 64.0 Å². The van der Waals surface area contributed by atoms with Crippen molar-refractivity contribution in [3.05, 3.63) is 40.5 Å². The molecule has 186 valence electrons. The van der Waals surface area contributed by atoms with Crippen LogP contribution < -0.4 is 15.4 Å². The summed E-state index contributed by atoms with van der Waals surface area (Å²) in [4.78, 5) is 11.3. The Bertz CT molecular complexity index is 1100. The van der Waals surface area contributed by atoms with Gasteiger partial charge in [0.1, 0.15) is 5.02 Å². The second-order valence-corrected chi connectivity index (χ2v) is 11.2. The molecule has 4 rings (SSSR count). The summed E-state index contributed by atoms with van der Waals surface area (Å²) in [6, 6.07) is 6.13. The summed E-state index contributed by atoms with van der Waals surface area (Å²) in [5.74, 6) is 0.933. The van der Waals surface area contributed by atoms with Crippen molar-refractivity contribution in [3.63, 3.8) is 0 Å². The third kappa shape index (κ3) is 6.79. The lowest BCUT2D eigenvalue weighted by Crippen LogP contribution is -2.43. The maximum absolute atomic E-state index is 11.7. The number of hydrogen-bond acceptors (Lipinski definition) is 8. The Morgan fingerprint density at radius 1 is 1.18 bits per heavy atom. The average molecular weight is 509 g/mol. The van der Waals surface area contributed by atoms with Gasteiger partial charge in [-0.2, -0.15) is 4.98 Å².